The summed E-state index contributed by atoms with van der Waals surface area (Å²) in [5, 5.41) is 13.0. The molecular weight excluding hydrogens is 232 g/mol. The molecule has 1 amide bonds. The summed E-state index contributed by atoms with van der Waals surface area (Å²) in [5.74, 6) is 0.0944. The highest BCUT2D eigenvalue weighted by Crippen LogP contribution is 2.26. The summed E-state index contributed by atoms with van der Waals surface area (Å²) in [6.45, 7) is 3.57. The molecule has 1 aliphatic rings. The van der Waals surface area contributed by atoms with E-state index in [4.69, 9.17) is 4.74 Å². The first-order valence-corrected chi connectivity index (χ1v) is 6.73. The number of methoxy groups -OCH3 is 1. The number of hydrogen-bond acceptors (Lipinski definition) is 4. The second-order valence-electron chi connectivity index (χ2n) is 5.16. The Labute approximate surface area is 109 Å². The summed E-state index contributed by atoms with van der Waals surface area (Å²) < 4.78 is 4.88. The molecule has 5 nitrogen and oxygen atoms in total. The van der Waals surface area contributed by atoms with Crippen LogP contribution in [0.5, 0.6) is 0 Å². The van der Waals surface area contributed by atoms with E-state index in [-0.39, 0.29) is 12.5 Å². The predicted octanol–water partition coefficient (Wildman–Crippen LogP) is 0.374. The van der Waals surface area contributed by atoms with Crippen LogP contribution in [0.2, 0.25) is 0 Å². The van der Waals surface area contributed by atoms with Crippen LogP contribution in [0.25, 0.3) is 0 Å². The van der Waals surface area contributed by atoms with E-state index in [0.717, 1.165) is 32.2 Å². The first-order valence-electron chi connectivity index (χ1n) is 6.73. The third-order valence-corrected chi connectivity index (χ3v) is 3.52. The molecule has 106 valence electrons. The standard InChI is InChI=1S/C13H26N2O3/c1-4-6-13(7-5-8-14-13)12(17)15(2)9-11(16)10-18-3/h11,14,16H,4-10H2,1-3H3. The van der Waals surface area contributed by atoms with Gasteiger partial charge in [-0.1, -0.05) is 13.3 Å². The number of nitrogens with zero attached hydrogens (tertiary/aromatic N) is 1. The van der Waals surface area contributed by atoms with Gasteiger partial charge in [0.25, 0.3) is 0 Å². The third kappa shape index (κ3) is 3.67. The lowest BCUT2D eigenvalue weighted by molar-refractivity contribution is -0.138. The fourth-order valence-corrected chi connectivity index (χ4v) is 2.75. The highest BCUT2D eigenvalue weighted by molar-refractivity contribution is 5.86. The highest BCUT2D eigenvalue weighted by atomic mass is 16.5. The van der Waals surface area contributed by atoms with E-state index in [1.54, 1.807) is 19.1 Å². The van der Waals surface area contributed by atoms with Crippen LogP contribution >= 0.6 is 0 Å². The van der Waals surface area contributed by atoms with E-state index in [9.17, 15) is 9.90 Å². The first kappa shape index (κ1) is 15.4. The lowest BCUT2D eigenvalue weighted by Gasteiger charge is -2.33. The molecule has 0 aromatic heterocycles. The number of ether oxygens (including phenoxy) is 1. The van der Waals surface area contributed by atoms with Crippen molar-refractivity contribution in [3.63, 3.8) is 0 Å². The number of rotatable bonds is 7. The van der Waals surface area contributed by atoms with Crippen LogP contribution in [0.4, 0.5) is 0 Å². The average Bonchev–Trinajstić information content (AvgIpc) is 2.78. The molecule has 1 saturated heterocycles. The molecule has 2 atom stereocenters. The Balaban J connectivity index is 2.59. The van der Waals surface area contributed by atoms with Crippen LogP contribution in [-0.2, 0) is 9.53 Å². The molecule has 0 radical (unpaired) electrons. The van der Waals surface area contributed by atoms with Gasteiger partial charge in [0, 0.05) is 20.7 Å². The van der Waals surface area contributed by atoms with Gasteiger partial charge in [0.2, 0.25) is 5.91 Å². The van der Waals surface area contributed by atoms with Crippen LogP contribution in [0.3, 0.4) is 0 Å². The molecule has 18 heavy (non-hydrogen) atoms. The normalized spacial score (nSPS) is 25.1. The Morgan fingerprint density at radius 3 is 2.83 bits per heavy atom. The van der Waals surface area contributed by atoms with E-state index in [2.05, 4.69) is 12.2 Å². The smallest absolute Gasteiger partial charge is 0.242 e. The molecule has 0 bridgehead atoms. The molecular formula is C13H26N2O3. The van der Waals surface area contributed by atoms with E-state index < -0.39 is 11.6 Å². The Bertz CT molecular complexity index is 265. The second kappa shape index (κ2) is 7.07. The Kier molecular flexibility index (Phi) is 6.05. The minimum absolute atomic E-state index is 0.0944. The van der Waals surface area contributed by atoms with Crippen LogP contribution in [0.15, 0.2) is 0 Å². The van der Waals surface area contributed by atoms with Crippen LogP contribution in [0.1, 0.15) is 32.6 Å². The number of amides is 1. The predicted molar refractivity (Wildman–Crippen MR) is 70.4 cm³/mol. The number of hydrogen-bond donors (Lipinski definition) is 2. The lowest BCUT2D eigenvalue weighted by atomic mass is 9.90. The molecule has 0 aliphatic carbocycles. The molecule has 0 aromatic carbocycles. The summed E-state index contributed by atoms with van der Waals surface area (Å²) in [6, 6.07) is 0. The van der Waals surface area contributed by atoms with Crippen LogP contribution in [-0.4, -0.2) is 61.4 Å². The van der Waals surface area contributed by atoms with Gasteiger partial charge < -0.3 is 20.1 Å². The van der Waals surface area contributed by atoms with Gasteiger partial charge in [0.15, 0.2) is 0 Å². The maximum absolute atomic E-state index is 12.5. The van der Waals surface area contributed by atoms with Crippen LogP contribution in [0, 0.1) is 0 Å². The molecule has 0 aromatic rings. The largest absolute Gasteiger partial charge is 0.389 e. The molecule has 1 rings (SSSR count). The van der Waals surface area contributed by atoms with Crippen molar-refractivity contribution in [1.29, 1.82) is 0 Å². The highest BCUT2D eigenvalue weighted by Gasteiger charge is 2.41. The van der Waals surface area contributed by atoms with Crippen molar-refractivity contribution in [2.45, 2.75) is 44.2 Å². The summed E-state index contributed by atoms with van der Waals surface area (Å²) in [6.07, 6.45) is 3.15. The van der Waals surface area contributed by atoms with E-state index in [0.29, 0.717) is 6.54 Å². The summed E-state index contributed by atoms with van der Waals surface area (Å²) in [5.41, 5.74) is -0.406. The maximum Gasteiger partial charge on any atom is 0.242 e. The van der Waals surface area contributed by atoms with Crippen LogP contribution < -0.4 is 5.32 Å². The van der Waals surface area contributed by atoms with Gasteiger partial charge in [-0.15, -0.1) is 0 Å². The van der Waals surface area contributed by atoms with Gasteiger partial charge in [-0.3, -0.25) is 4.79 Å². The van der Waals surface area contributed by atoms with Crippen molar-refractivity contribution in [3.05, 3.63) is 0 Å². The van der Waals surface area contributed by atoms with Crippen molar-refractivity contribution in [3.8, 4) is 0 Å². The van der Waals surface area contributed by atoms with Crippen molar-refractivity contribution in [1.82, 2.24) is 10.2 Å². The molecule has 1 fully saturated rings. The summed E-state index contributed by atoms with van der Waals surface area (Å²) >= 11 is 0. The zero-order chi connectivity index (χ0) is 13.6. The van der Waals surface area contributed by atoms with Crippen molar-refractivity contribution in [2.75, 3.05) is 33.9 Å². The number of aliphatic hydroxyl groups excluding tert-OH is 1. The van der Waals surface area contributed by atoms with Crippen molar-refractivity contribution in [2.24, 2.45) is 0 Å². The number of nitrogens with one attached hydrogen (secondary N) is 1. The van der Waals surface area contributed by atoms with Gasteiger partial charge in [-0.05, 0) is 25.8 Å². The second-order valence-corrected chi connectivity index (χ2v) is 5.16. The minimum atomic E-state index is -0.621. The Morgan fingerprint density at radius 1 is 1.61 bits per heavy atom. The van der Waals surface area contributed by atoms with E-state index >= 15 is 0 Å². The van der Waals surface area contributed by atoms with E-state index in [1.807, 2.05) is 0 Å². The monoisotopic (exact) mass is 258 g/mol. The van der Waals surface area contributed by atoms with Gasteiger partial charge >= 0.3 is 0 Å². The summed E-state index contributed by atoms with van der Waals surface area (Å²) in [7, 11) is 3.29. The fraction of sp³-hybridized carbons (Fsp3) is 0.923. The van der Waals surface area contributed by atoms with Gasteiger partial charge in [0.05, 0.1) is 18.2 Å². The molecule has 5 heteroatoms. The molecule has 2 N–H and O–H groups in total. The zero-order valence-electron chi connectivity index (χ0n) is 11.7. The molecule has 1 heterocycles. The number of carbonyl (C=O) groups excluding carboxylic acids is 1. The first-order chi connectivity index (χ1) is 8.55. The van der Waals surface area contributed by atoms with Crippen molar-refractivity contribution < 1.29 is 14.6 Å². The minimum Gasteiger partial charge on any atom is -0.389 e. The van der Waals surface area contributed by atoms with Gasteiger partial charge in [0.1, 0.15) is 0 Å². The summed E-state index contributed by atoms with van der Waals surface area (Å²) in [4.78, 5) is 14.1. The number of carbonyl (C=O) groups is 1. The fourth-order valence-electron chi connectivity index (χ4n) is 2.75. The maximum atomic E-state index is 12.5. The van der Waals surface area contributed by atoms with Gasteiger partial charge in [-0.2, -0.15) is 0 Å². The zero-order valence-corrected chi connectivity index (χ0v) is 11.7. The molecule has 0 saturated carbocycles. The SMILES string of the molecule is CCCC1(C(=O)N(C)CC(O)COC)CCCN1. The van der Waals surface area contributed by atoms with E-state index in [1.165, 1.54) is 0 Å². The third-order valence-electron chi connectivity index (χ3n) is 3.52. The quantitative estimate of drug-likeness (QED) is 0.693. The topological polar surface area (TPSA) is 61.8 Å². The molecule has 1 aliphatic heterocycles. The average molecular weight is 258 g/mol. The lowest BCUT2D eigenvalue weighted by Crippen LogP contribution is -2.55. The Morgan fingerprint density at radius 2 is 2.33 bits per heavy atom. The Hall–Kier alpha value is -0.650. The van der Waals surface area contributed by atoms with Gasteiger partial charge in [-0.25, -0.2) is 0 Å². The molecule has 2 unspecified atom stereocenters. The number of aliphatic hydroxyl groups is 1. The van der Waals surface area contributed by atoms with Crippen molar-refractivity contribution >= 4 is 5.91 Å². The molecule has 0 spiro atoms. The number of likely N-dealkylation sites (N-methyl/N-ethyl adjacent to an activating group) is 1.